The molecule has 1 saturated heterocycles. The van der Waals surface area contributed by atoms with Crippen LogP contribution in [0.1, 0.15) is 27.7 Å². The van der Waals surface area contributed by atoms with Crippen molar-refractivity contribution in [3.8, 4) is 0 Å². The molecule has 0 atom stereocenters. The summed E-state index contributed by atoms with van der Waals surface area (Å²) >= 11 is 0. The molecular weight excluding hydrogens is 165 g/mol. The molecule has 0 amide bonds. The number of hydrogen-bond donors (Lipinski definition) is 1. The molecule has 0 aliphatic carbocycles. The number of hydrogen-bond acceptors (Lipinski definition) is 3. The van der Waals surface area contributed by atoms with Gasteiger partial charge in [0.05, 0.1) is 11.2 Å². The fourth-order valence-corrected chi connectivity index (χ4v) is 1.06. The molecule has 1 N–H and O–H groups in total. The van der Waals surface area contributed by atoms with Crippen molar-refractivity contribution in [2.24, 2.45) is 0 Å². The Balaban J connectivity index is 2.82. The Kier molecular flexibility index (Phi) is 2.39. The van der Waals surface area contributed by atoms with Crippen LogP contribution in [-0.4, -0.2) is 24.5 Å². The van der Waals surface area contributed by atoms with Crippen LogP contribution < -0.4 is 0 Å². The van der Waals surface area contributed by atoms with E-state index in [4.69, 9.17) is 14.7 Å². The Morgan fingerprint density at radius 3 is 1.92 bits per heavy atom. The molecule has 72 valence electrons. The van der Waals surface area contributed by atoms with Gasteiger partial charge in [-0.25, -0.2) is 0 Å². The largest absolute Gasteiger partial charge is 0.495 e. The zero-order valence-corrected chi connectivity index (χ0v) is 8.68. The molecule has 3 nitrogen and oxygen atoms in total. The number of allylic oxidation sites excluding steroid dienone is 1. The van der Waals surface area contributed by atoms with E-state index < -0.39 is 7.12 Å². The standard InChI is InChI=1S/C9H16BNO2/c1-7(6-11)10-12-8(2,3)9(4,5)13-10/h6,11H,1H2,2-5H3. The molecule has 1 aliphatic heterocycles. The van der Waals surface area contributed by atoms with Crippen LogP contribution in [0.2, 0.25) is 0 Å². The van der Waals surface area contributed by atoms with Gasteiger partial charge in [0.25, 0.3) is 0 Å². The highest BCUT2D eigenvalue weighted by Gasteiger charge is 2.51. The van der Waals surface area contributed by atoms with Gasteiger partial charge in [-0.1, -0.05) is 6.58 Å². The lowest BCUT2D eigenvalue weighted by molar-refractivity contribution is 0.00578. The average Bonchev–Trinajstić information content (AvgIpc) is 2.20. The molecular formula is C9H16BNO2. The minimum atomic E-state index is -0.470. The maximum absolute atomic E-state index is 7.05. The summed E-state index contributed by atoms with van der Waals surface area (Å²) in [5.41, 5.74) is -0.133. The Bertz CT molecular complexity index is 232. The monoisotopic (exact) mass is 181 g/mol. The molecule has 13 heavy (non-hydrogen) atoms. The maximum atomic E-state index is 7.05. The van der Waals surface area contributed by atoms with Crippen LogP contribution in [0.15, 0.2) is 12.1 Å². The van der Waals surface area contributed by atoms with Gasteiger partial charge >= 0.3 is 7.12 Å². The van der Waals surface area contributed by atoms with Gasteiger partial charge in [-0.3, -0.25) is 0 Å². The predicted molar refractivity (Wildman–Crippen MR) is 54.0 cm³/mol. The summed E-state index contributed by atoms with van der Waals surface area (Å²) in [5, 5.41) is 7.05. The van der Waals surface area contributed by atoms with Gasteiger partial charge in [0, 0.05) is 6.21 Å². The van der Waals surface area contributed by atoms with E-state index in [0.717, 1.165) is 0 Å². The van der Waals surface area contributed by atoms with Gasteiger partial charge in [0.2, 0.25) is 0 Å². The Hall–Kier alpha value is -0.605. The van der Waals surface area contributed by atoms with Crippen LogP contribution in [0, 0.1) is 5.41 Å². The van der Waals surface area contributed by atoms with Crippen molar-refractivity contribution in [2.75, 3.05) is 0 Å². The predicted octanol–water partition coefficient (Wildman–Crippen LogP) is 1.82. The molecule has 1 fully saturated rings. The first-order valence-corrected chi connectivity index (χ1v) is 4.35. The highest BCUT2D eigenvalue weighted by Crippen LogP contribution is 2.37. The van der Waals surface area contributed by atoms with Crippen molar-refractivity contribution in [3.63, 3.8) is 0 Å². The smallest absolute Gasteiger partial charge is 0.399 e. The highest BCUT2D eigenvalue weighted by molar-refractivity contribution is 6.60. The SMILES string of the molecule is C=C(C=N)B1OC(C)(C)C(C)(C)O1. The van der Waals surface area contributed by atoms with E-state index in [2.05, 4.69) is 6.58 Å². The van der Waals surface area contributed by atoms with E-state index in [1.807, 2.05) is 27.7 Å². The summed E-state index contributed by atoms with van der Waals surface area (Å²) in [6.45, 7) is 11.6. The molecule has 4 heteroatoms. The van der Waals surface area contributed by atoms with E-state index in [1.165, 1.54) is 6.21 Å². The van der Waals surface area contributed by atoms with Crippen molar-refractivity contribution in [2.45, 2.75) is 38.9 Å². The fourth-order valence-electron chi connectivity index (χ4n) is 1.06. The molecule has 0 aromatic heterocycles. The first kappa shape index (κ1) is 10.5. The van der Waals surface area contributed by atoms with Gasteiger partial charge in [0.15, 0.2) is 0 Å². The summed E-state index contributed by atoms with van der Waals surface area (Å²) in [6.07, 6.45) is 1.17. The van der Waals surface area contributed by atoms with Crippen LogP contribution in [0.25, 0.3) is 0 Å². The quantitative estimate of drug-likeness (QED) is 0.521. The van der Waals surface area contributed by atoms with Crippen molar-refractivity contribution in [1.82, 2.24) is 0 Å². The molecule has 0 bridgehead atoms. The topological polar surface area (TPSA) is 42.3 Å². The van der Waals surface area contributed by atoms with Crippen LogP contribution >= 0.6 is 0 Å². The number of rotatable bonds is 2. The molecule has 1 rings (SSSR count). The molecule has 0 aromatic rings. The first-order valence-electron chi connectivity index (χ1n) is 4.35. The molecule has 0 radical (unpaired) electrons. The minimum absolute atomic E-state index is 0.344. The lowest BCUT2D eigenvalue weighted by atomic mass is 9.80. The maximum Gasteiger partial charge on any atom is 0.495 e. The second-order valence-corrected chi connectivity index (χ2v) is 4.31. The van der Waals surface area contributed by atoms with Gasteiger partial charge in [-0.2, -0.15) is 0 Å². The molecule has 1 aliphatic rings. The van der Waals surface area contributed by atoms with E-state index in [0.29, 0.717) is 5.47 Å². The van der Waals surface area contributed by atoms with E-state index in [-0.39, 0.29) is 11.2 Å². The summed E-state index contributed by atoms with van der Waals surface area (Å²) in [4.78, 5) is 0. The second kappa shape index (κ2) is 2.96. The summed E-state index contributed by atoms with van der Waals surface area (Å²) in [7, 11) is -0.470. The van der Waals surface area contributed by atoms with Crippen LogP contribution in [0.5, 0.6) is 0 Å². The van der Waals surface area contributed by atoms with Crippen molar-refractivity contribution in [3.05, 3.63) is 12.1 Å². The third-order valence-corrected chi connectivity index (χ3v) is 2.74. The van der Waals surface area contributed by atoms with Crippen LogP contribution in [0.3, 0.4) is 0 Å². The Morgan fingerprint density at radius 1 is 1.23 bits per heavy atom. The fraction of sp³-hybridized carbons (Fsp3) is 0.667. The summed E-state index contributed by atoms with van der Waals surface area (Å²) in [5.74, 6) is 0. The Morgan fingerprint density at radius 2 is 1.62 bits per heavy atom. The minimum Gasteiger partial charge on any atom is -0.399 e. The van der Waals surface area contributed by atoms with E-state index >= 15 is 0 Å². The van der Waals surface area contributed by atoms with Crippen molar-refractivity contribution < 1.29 is 9.31 Å². The molecule has 0 spiro atoms. The average molecular weight is 181 g/mol. The lowest BCUT2D eigenvalue weighted by Gasteiger charge is -2.32. The molecule has 0 unspecified atom stereocenters. The van der Waals surface area contributed by atoms with Gasteiger partial charge in [-0.05, 0) is 33.2 Å². The van der Waals surface area contributed by atoms with Gasteiger partial charge in [-0.15, -0.1) is 0 Å². The zero-order valence-electron chi connectivity index (χ0n) is 8.68. The van der Waals surface area contributed by atoms with Crippen molar-refractivity contribution in [1.29, 1.82) is 5.41 Å². The highest BCUT2D eigenvalue weighted by atomic mass is 16.7. The molecule has 0 aromatic carbocycles. The van der Waals surface area contributed by atoms with Crippen LogP contribution in [-0.2, 0) is 9.31 Å². The molecule has 0 saturated carbocycles. The Labute approximate surface area is 79.8 Å². The van der Waals surface area contributed by atoms with E-state index in [9.17, 15) is 0 Å². The lowest BCUT2D eigenvalue weighted by Crippen LogP contribution is -2.41. The van der Waals surface area contributed by atoms with E-state index in [1.54, 1.807) is 0 Å². The van der Waals surface area contributed by atoms with Gasteiger partial charge in [0.1, 0.15) is 0 Å². The summed E-state index contributed by atoms with van der Waals surface area (Å²) < 4.78 is 11.3. The zero-order chi connectivity index (χ0) is 10.3. The summed E-state index contributed by atoms with van der Waals surface area (Å²) in [6, 6.07) is 0. The third-order valence-electron chi connectivity index (χ3n) is 2.74. The third kappa shape index (κ3) is 1.69. The van der Waals surface area contributed by atoms with Gasteiger partial charge < -0.3 is 14.7 Å². The van der Waals surface area contributed by atoms with Crippen LogP contribution in [0.4, 0.5) is 0 Å². The first-order chi connectivity index (χ1) is 5.80. The molecule has 1 heterocycles. The van der Waals surface area contributed by atoms with Crippen molar-refractivity contribution >= 4 is 13.3 Å². The normalized spacial score (nSPS) is 24.5. The second-order valence-electron chi connectivity index (χ2n) is 4.31. The number of nitrogens with one attached hydrogen (secondary N) is 1.